The molecule has 1 aliphatic heterocycles. The van der Waals surface area contributed by atoms with Crippen molar-refractivity contribution in [1.82, 2.24) is 4.90 Å². The van der Waals surface area contributed by atoms with Crippen LogP contribution in [-0.2, 0) is 0 Å². The van der Waals surface area contributed by atoms with Crippen LogP contribution in [0.2, 0.25) is 0 Å². The van der Waals surface area contributed by atoms with Crippen LogP contribution in [-0.4, -0.2) is 22.9 Å². The minimum Gasteiger partial charge on any atom is -0.333 e. The highest BCUT2D eigenvalue weighted by atomic mass is 19.1. The lowest BCUT2D eigenvalue weighted by Crippen LogP contribution is -2.48. The van der Waals surface area contributed by atoms with Crippen molar-refractivity contribution in [2.45, 2.75) is 45.2 Å². The highest BCUT2D eigenvalue weighted by molar-refractivity contribution is 5.95. The van der Waals surface area contributed by atoms with E-state index in [2.05, 4.69) is 0 Å². The Morgan fingerprint density at radius 1 is 1.17 bits per heavy atom. The van der Waals surface area contributed by atoms with Crippen LogP contribution >= 0.6 is 0 Å². The standard InChI is InChI=1S/C14H17F2NO/c1-9-5-3-6-10(2)17(9)14(18)13-11(15)7-4-8-12(13)16/h4,7-10H,3,5-6H2,1-2H3/t9-,10+. The summed E-state index contributed by atoms with van der Waals surface area (Å²) in [5, 5.41) is 0. The molecule has 1 fully saturated rings. The van der Waals surface area contributed by atoms with Gasteiger partial charge in [0, 0.05) is 12.1 Å². The Morgan fingerprint density at radius 3 is 2.17 bits per heavy atom. The Morgan fingerprint density at radius 2 is 1.67 bits per heavy atom. The van der Waals surface area contributed by atoms with Crippen molar-refractivity contribution in [1.29, 1.82) is 0 Å². The second-order valence-corrected chi connectivity index (χ2v) is 4.94. The molecule has 0 spiro atoms. The number of likely N-dealkylation sites (tertiary alicyclic amines) is 1. The van der Waals surface area contributed by atoms with E-state index in [-0.39, 0.29) is 12.1 Å². The molecule has 0 N–H and O–H groups in total. The van der Waals surface area contributed by atoms with Crippen LogP contribution in [0.5, 0.6) is 0 Å². The Hall–Kier alpha value is -1.45. The molecule has 0 aromatic heterocycles. The topological polar surface area (TPSA) is 20.3 Å². The number of nitrogens with zero attached hydrogens (tertiary/aromatic N) is 1. The summed E-state index contributed by atoms with van der Waals surface area (Å²) in [5.41, 5.74) is -0.432. The minimum absolute atomic E-state index is 0.0280. The summed E-state index contributed by atoms with van der Waals surface area (Å²) in [7, 11) is 0. The minimum atomic E-state index is -0.787. The van der Waals surface area contributed by atoms with Gasteiger partial charge in [0.15, 0.2) is 0 Å². The van der Waals surface area contributed by atoms with Crippen LogP contribution in [0.1, 0.15) is 43.5 Å². The Labute approximate surface area is 106 Å². The number of benzene rings is 1. The van der Waals surface area contributed by atoms with Gasteiger partial charge in [-0.1, -0.05) is 6.07 Å². The quantitative estimate of drug-likeness (QED) is 0.751. The number of hydrogen-bond donors (Lipinski definition) is 0. The summed E-state index contributed by atoms with van der Waals surface area (Å²) in [4.78, 5) is 13.9. The van der Waals surface area contributed by atoms with E-state index in [1.54, 1.807) is 4.90 Å². The van der Waals surface area contributed by atoms with E-state index in [9.17, 15) is 13.6 Å². The fourth-order valence-electron chi connectivity index (χ4n) is 2.65. The average Bonchev–Trinajstić information content (AvgIpc) is 2.28. The van der Waals surface area contributed by atoms with Crippen LogP contribution in [0.4, 0.5) is 8.78 Å². The molecule has 2 rings (SSSR count). The predicted octanol–water partition coefficient (Wildman–Crippen LogP) is 3.37. The molecule has 0 aliphatic carbocycles. The first kappa shape index (κ1) is 13.0. The van der Waals surface area contributed by atoms with Crippen LogP contribution in [0.3, 0.4) is 0 Å². The molecule has 0 radical (unpaired) electrons. The molecular weight excluding hydrogens is 236 g/mol. The molecule has 1 heterocycles. The average molecular weight is 253 g/mol. The smallest absolute Gasteiger partial charge is 0.260 e. The maximum atomic E-state index is 13.6. The summed E-state index contributed by atoms with van der Waals surface area (Å²) in [5.74, 6) is -2.11. The van der Waals surface area contributed by atoms with Crippen molar-refractivity contribution < 1.29 is 13.6 Å². The molecule has 1 aromatic rings. The molecule has 0 unspecified atom stereocenters. The normalized spacial score (nSPS) is 24.1. The maximum absolute atomic E-state index is 13.6. The molecular formula is C14H17F2NO. The van der Waals surface area contributed by atoms with Gasteiger partial charge in [-0.15, -0.1) is 0 Å². The van der Waals surface area contributed by atoms with E-state index in [4.69, 9.17) is 0 Å². The van der Waals surface area contributed by atoms with Gasteiger partial charge in [0.25, 0.3) is 5.91 Å². The molecule has 1 aliphatic rings. The molecule has 4 heteroatoms. The molecule has 2 atom stereocenters. The SMILES string of the molecule is C[C@@H]1CCC[C@H](C)N1C(=O)c1c(F)cccc1F. The van der Waals surface area contributed by atoms with Crippen LogP contribution < -0.4 is 0 Å². The lowest BCUT2D eigenvalue weighted by molar-refractivity contribution is 0.0501. The number of carbonyl (C=O) groups is 1. The van der Waals surface area contributed by atoms with Gasteiger partial charge >= 0.3 is 0 Å². The highest BCUT2D eigenvalue weighted by Crippen LogP contribution is 2.26. The number of carbonyl (C=O) groups excluding carboxylic acids is 1. The lowest BCUT2D eigenvalue weighted by atomic mass is 9.96. The molecule has 1 amide bonds. The fraction of sp³-hybridized carbons (Fsp3) is 0.500. The van der Waals surface area contributed by atoms with E-state index >= 15 is 0 Å². The van der Waals surface area contributed by atoms with E-state index < -0.39 is 23.1 Å². The Bertz CT molecular complexity index is 431. The first-order chi connectivity index (χ1) is 8.52. The zero-order chi connectivity index (χ0) is 13.3. The van der Waals surface area contributed by atoms with E-state index in [0.717, 1.165) is 31.4 Å². The number of rotatable bonds is 1. The highest BCUT2D eigenvalue weighted by Gasteiger charge is 2.32. The predicted molar refractivity (Wildman–Crippen MR) is 65.3 cm³/mol. The second kappa shape index (κ2) is 5.04. The third-order valence-electron chi connectivity index (χ3n) is 3.60. The van der Waals surface area contributed by atoms with E-state index in [0.29, 0.717) is 0 Å². The van der Waals surface area contributed by atoms with Crippen molar-refractivity contribution in [2.24, 2.45) is 0 Å². The zero-order valence-electron chi connectivity index (χ0n) is 10.6. The summed E-state index contributed by atoms with van der Waals surface area (Å²) in [6.45, 7) is 3.85. The van der Waals surface area contributed by atoms with Crippen molar-refractivity contribution in [3.8, 4) is 0 Å². The van der Waals surface area contributed by atoms with Crippen molar-refractivity contribution in [3.63, 3.8) is 0 Å². The summed E-state index contributed by atoms with van der Waals surface area (Å²) in [6, 6.07) is 3.57. The molecule has 2 nitrogen and oxygen atoms in total. The lowest BCUT2D eigenvalue weighted by Gasteiger charge is -2.39. The second-order valence-electron chi connectivity index (χ2n) is 4.94. The van der Waals surface area contributed by atoms with Gasteiger partial charge in [0.2, 0.25) is 0 Å². The Balaban J connectivity index is 2.35. The molecule has 1 aromatic carbocycles. The summed E-state index contributed by atoms with van der Waals surface area (Å²) < 4.78 is 27.2. The Kier molecular flexibility index (Phi) is 3.64. The number of halogens is 2. The molecule has 98 valence electrons. The third-order valence-corrected chi connectivity index (χ3v) is 3.60. The molecule has 1 saturated heterocycles. The van der Waals surface area contributed by atoms with Gasteiger partial charge in [0.05, 0.1) is 0 Å². The van der Waals surface area contributed by atoms with Gasteiger partial charge in [-0.3, -0.25) is 4.79 Å². The number of hydrogen-bond acceptors (Lipinski definition) is 1. The van der Waals surface area contributed by atoms with Crippen LogP contribution in [0.15, 0.2) is 18.2 Å². The van der Waals surface area contributed by atoms with Gasteiger partial charge < -0.3 is 4.90 Å². The van der Waals surface area contributed by atoms with Gasteiger partial charge in [-0.05, 0) is 45.2 Å². The maximum Gasteiger partial charge on any atom is 0.260 e. The largest absolute Gasteiger partial charge is 0.333 e. The monoisotopic (exact) mass is 253 g/mol. The number of amides is 1. The van der Waals surface area contributed by atoms with Crippen LogP contribution in [0.25, 0.3) is 0 Å². The van der Waals surface area contributed by atoms with Gasteiger partial charge in [0.1, 0.15) is 17.2 Å². The van der Waals surface area contributed by atoms with E-state index in [1.807, 2.05) is 13.8 Å². The first-order valence-electron chi connectivity index (χ1n) is 6.29. The summed E-state index contributed by atoms with van der Waals surface area (Å²) in [6.07, 6.45) is 2.81. The number of piperidine rings is 1. The fourth-order valence-corrected chi connectivity index (χ4v) is 2.65. The van der Waals surface area contributed by atoms with E-state index in [1.165, 1.54) is 6.07 Å². The summed E-state index contributed by atoms with van der Waals surface area (Å²) >= 11 is 0. The van der Waals surface area contributed by atoms with Gasteiger partial charge in [-0.2, -0.15) is 0 Å². The van der Waals surface area contributed by atoms with Crippen molar-refractivity contribution in [2.75, 3.05) is 0 Å². The van der Waals surface area contributed by atoms with Crippen molar-refractivity contribution in [3.05, 3.63) is 35.4 Å². The zero-order valence-corrected chi connectivity index (χ0v) is 10.6. The third kappa shape index (κ3) is 2.24. The molecule has 0 bridgehead atoms. The van der Waals surface area contributed by atoms with Crippen molar-refractivity contribution >= 4 is 5.91 Å². The first-order valence-corrected chi connectivity index (χ1v) is 6.29. The van der Waals surface area contributed by atoms with Gasteiger partial charge in [-0.25, -0.2) is 8.78 Å². The molecule has 18 heavy (non-hydrogen) atoms. The molecule has 0 saturated carbocycles. The van der Waals surface area contributed by atoms with Crippen LogP contribution in [0, 0.1) is 11.6 Å².